The minimum atomic E-state index is -0.289. The summed E-state index contributed by atoms with van der Waals surface area (Å²) in [5, 5.41) is 6.34. The van der Waals surface area contributed by atoms with Crippen LogP contribution in [0, 0.1) is 5.82 Å². The summed E-state index contributed by atoms with van der Waals surface area (Å²) in [6, 6.07) is 6.14. The topological polar surface area (TPSA) is 45.7 Å². The van der Waals surface area contributed by atoms with Gasteiger partial charge in [0.25, 0.3) is 0 Å². The molecule has 2 N–H and O–H groups in total. The first-order valence-corrected chi connectivity index (χ1v) is 8.05. The van der Waals surface area contributed by atoms with E-state index in [-0.39, 0.29) is 5.82 Å². The zero-order chi connectivity index (χ0) is 14.6. The summed E-state index contributed by atoms with van der Waals surface area (Å²) in [5.74, 6) is 2.03. The van der Waals surface area contributed by atoms with Gasteiger partial charge in [-0.15, -0.1) is 0 Å². The summed E-state index contributed by atoms with van der Waals surface area (Å²) in [5.41, 5.74) is 0. The minimum absolute atomic E-state index is 0.289. The first kappa shape index (κ1) is 16.6. The van der Waals surface area contributed by atoms with Gasteiger partial charge in [-0.2, -0.15) is 11.8 Å². The molecule has 112 valence electrons. The molecule has 0 aliphatic rings. The molecule has 0 fully saturated rings. The molecule has 0 amide bonds. The highest BCUT2D eigenvalue weighted by atomic mass is 32.2. The van der Waals surface area contributed by atoms with Gasteiger partial charge in [0.1, 0.15) is 18.2 Å². The van der Waals surface area contributed by atoms with Crippen LogP contribution in [0.1, 0.15) is 6.92 Å². The van der Waals surface area contributed by atoms with Crippen LogP contribution in [0.4, 0.5) is 4.39 Å². The lowest BCUT2D eigenvalue weighted by molar-refractivity contribution is 0.320. The Morgan fingerprint density at radius 3 is 2.95 bits per heavy atom. The van der Waals surface area contributed by atoms with E-state index < -0.39 is 0 Å². The fourth-order valence-electron chi connectivity index (χ4n) is 1.49. The highest BCUT2D eigenvalue weighted by Gasteiger charge is 1.98. The molecule has 4 nitrogen and oxygen atoms in total. The highest BCUT2D eigenvalue weighted by Crippen LogP contribution is 2.11. The molecule has 0 bridgehead atoms. The van der Waals surface area contributed by atoms with Crippen molar-refractivity contribution < 1.29 is 9.13 Å². The summed E-state index contributed by atoms with van der Waals surface area (Å²) in [7, 11) is 0. The summed E-state index contributed by atoms with van der Waals surface area (Å²) in [6.45, 7) is 4.68. The Morgan fingerprint density at radius 2 is 2.25 bits per heavy atom. The second-order valence-corrected chi connectivity index (χ2v) is 4.97. The summed E-state index contributed by atoms with van der Waals surface area (Å²) >= 11 is 1.77. The molecule has 1 rings (SSSR count). The van der Waals surface area contributed by atoms with Gasteiger partial charge in [0.15, 0.2) is 5.96 Å². The van der Waals surface area contributed by atoms with Gasteiger partial charge >= 0.3 is 0 Å². The van der Waals surface area contributed by atoms with Crippen molar-refractivity contribution >= 4 is 17.7 Å². The van der Waals surface area contributed by atoms with Crippen molar-refractivity contribution in [3.8, 4) is 5.75 Å². The van der Waals surface area contributed by atoms with Crippen molar-refractivity contribution in [2.45, 2.75) is 6.92 Å². The fraction of sp³-hybridized carbons (Fsp3) is 0.500. The Hall–Kier alpha value is -1.43. The number of aliphatic imine (C=N–C) groups is 1. The molecule has 0 aromatic heterocycles. The van der Waals surface area contributed by atoms with Gasteiger partial charge in [0, 0.05) is 18.4 Å². The lowest BCUT2D eigenvalue weighted by Gasteiger charge is -2.12. The quantitative estimate of drug-likeness (QED) is 0.438. The van der Waals surface area contributed by atoms with E-state index in [1.54, 1.807) is 23.9 Å². The maximum atomic E-state index is 13.0. The van der Waals surface area contributed by atoms with Crippen LogP contribution in [0.15, 0.2) is 29.3 Å². The number of hydrogen-bond donors (Lipinski definition) is 2. The monoisotopic (exact) mass is 299 g/mol. The molecule has 0 saturated heterocycles. The first-order valence-electron chi connectivity index (χ1n) is 6.65. The molecule has 0 aliphatic carbocycles. The molecule has 0 unspecified atom stereocenters. The van der Waals surface area contributed by atoms with Crippen LogP contribution < -0.4 is 15.4 Å². The number of rotatable bonds is 8. The van der Waals surface area contributed by atoms with Crippen LogP contribution in [0.25, 0.3) is 0 Å². The van der Waals surface area contributed by atoms with Crippen molar-refractivity contribution in [3.63, 3.8) is 0 Å². The normalized spacial score (nSPS) is 11.2. The smallest absolute Gasteiger partial charge is 0.191 e. The lowest BCUT2D eigenvalue weighted by Crippen LogP contribution is -2.39. The molecule has 0 heterocycles. The van der Waals surface area contributed by atoms with Crippen molar-refractivity contribution in [1.82, 2.24) is 10.6 Å². The third-order valence-corrected chi connectivity index (χ3v) is 2.96. The Balaban J connectivity index is 2.27. The van der Waals surface area contributed by atoms with E-state index in [0.717, 1.165) is 24.8 Å². The summed E-state index contributed by atoms with van der Waals surface area (Å²) in [4.78, 5) is 4.42. The maximum absolute atomic E-state index is 13.0. The van der Waals surface area contributed by atoms with E-state index in [0.29, 0.717) is 18.9 Å². The van der Waals surface area contributed by atoms with E-state index in [2.05, 4.69) is 21.9 Å². The molecule has 6 heteroatoms. The predicted octanol–water partition coefficient (Wildman–Crippen LogP) is 2.12. The first-order chi connectivity index (χ1) is 9.76. The minimum Gasteiger partial charge on any atom is -0.492 e. The predicted molar refractivity (Wildman–Crippen MR) is 84.3 cm³/mol. The Kier molecular flexibility index (Phi) is 8.62. The molecule has 0 atom stereocenters. The molecular weight excluding hydrogens is 277 g/mol. The largest absolute Gasteiger partial charge is 0.492 e. The summed E-state index contributed by atoms with van der Waals surface area (Å²) < 4.78 is 18.4. The van der Waals surface area contributed by atoms with Crippen molar-refractivity contribution in [1.29, 1.82) is 0 Å². The molecule has 0 radical (unpaired) electrons. The van der Waals surface area contributed by atoms with Crippen LogP contribution >= 0.6 is 11.8 Å². The van der Waals surface area contributed by atoms with Gasteiger partial charge in [-0.05, 0) is 25.3 Å². The molecule has 1 aromatic rings. The Bertz CT molecular complexity index is 415. The van der Waals surface area contributed by atoms with Crippen molar-refractivity contribution in [2.24, 2.45) is 4.99 Å². The molecular formula is C14H22FN3OS. The molecule has 1 aromatic carbocycles. The molecule has 0 saturated carbocycles. The average molecular weight is 299 g/mol. The van der Waals surface area contributed by atoms with E-state index in [1.165, 1.54) is 12.1 Å². The van der Waals surface area contributed by atoms with Gasteiger partial charge < -0.3 is 15.4 Å². The number of hydrogen-bond acceptors (Lipinski definition) is 3. The number of benzene rings is 1. The van der Waals surface area contributed by atoms with E-state index in [9.17, 15) is 4.39 Å². The zero-order valence-corrected chi connectivity index (χ0v) is 12.8. The van der Waals surface area contributed by atoms with Gasteiger partial charge in [-0.25, -0.2) is 4.39 Å². The lowest BCUT2D eigenvalue weighted by atomic mass is 10.3. The van der Waals surface area contributed by atoms with Gasteiger partial charge in [0.2, 0.25) is 0 Å². The van der Waals surface area contributed by atoms with Gasteiger partial charge in [-0.1, -0.05) is 6.07 Å². The number of nitrogens with zero attached hydrogens (tertiary/aromatic N) is 1. The third-order valence-electron chi connectivity index (χ3n) is 2.37. The highest BCUT2D eigenvalue weighted by molar-refractivity contribution is 7.98. The van der Waals surface area contributed by atoms with E-state index in [4.69, 9.17) is 4.74 Å². The molecule has 0 aliphatic heterocycles. The second kappa shape index (κ2) is 10.4. The van der Waals surface area contributed by atoms with Gasteiger partial charge in [-0.3, -0.25) is 4.99 Å². The van der Waals surface area contributed by atoms with Crippen LogP contribution in [0.5, 0.6) is 5.75 Å². The van der Waals surface area contributed by atoms with Crippen molar-refractivity contribution in [3.05, 3.63) is 30.1 Å². The number of halogens is 1. The zero-order valence-electron chi connectivity index (χ0n) is 12.0. The number of thioether (sulfide) groups is 1. The SMILES string of the molecule is CCNC(=NCCSC)NCCOc1cccc(F)c1. The van der Waals surface area contributed by atoms with Crippen LogP contribution in [0.3, 0.4) is 0 Å². The van der Waals surface area contributed by atoms with E-state index >= 15 is 0 Å². The second-order valence-electron chi connectivity index (χ2n) is 3.99. The number of ether oxygens (including phenoxy) is 1. The maximum Gasteiger partial charge on any atom is 0.191 e. The number of nitrogens with one attached hydrogen (secondary N) is 2. The number of guanidine groups is 1. The van der Waals surface area contributed by atoms with Crippen LogP contribution in [-0.4, -0.2) is 44.2 Å². The van der Waals surface area contributed by atoms with Crippen LogP contribution in [-0.2, 0) is 0 Å². The van der Waals surface area contributed by atoms with Crippen molar-refractivity contribution in [2.75, 3.05) is 38.2 Å². The third kappa shape index (κ3) is 7.23. The fourth-order valence-corrected chi connectivity index (χ4v) is 1.76. The summed E-state index contributed by atoms with van der Waals surface area (Å²) in [6.07, 6.45) is 2.06. The standard InChI is InChI=1S/C14H22FN3OS/c1-3-16-14(18-8-10-20-2)17-7-9-19-13-6-4-5-12(15)11-13/h4-6,11H,3,7-10H2,1-2H3,(H2,16,17,18). The average Bonchev–Trinajstić information content (AvgIpc) is 2.44. The Labute approximate surface area is 124 Å². The Morgan fingerprint density at radius 1 is 1.40 bits per heavy atom. The van der Waals surface area contributed by atoms with Crippen LogP contribution in [0.2, 0.25) is 0 Å². The molecule has 0 spiro atoms. The van der Waals surface area contributed by atoms with Gasteiger partial charge in [0.05, 0.1) is 13.1 Å². The molecule has 20 heavy (non-hydrogen) atoms. The van der Waals surface area contributed by atoms with E-state index in [1.807, 2.05) is 6.92 Å².